The van der Waals surface area contributed by atoms with E-state index in [-0.39, 0.29) is 6.04 Å². The summed E-state index contributed by atoms with van der Waals surface area (Å²) in [5.41, 5.74) is 1.16. The van der Waals surface area contributed by atoms with E-state index in [0.717, 1.165) is 37.5 Å². The quantitative estimate of drug-likeness (QED) is 0.874. The molecule has 1 aromatic carbocycles. The third kappa shape index (κ3) is 3.00. The van der Waals surface area contributed by atoms with Gasteiger partial charge in [-0.05, 0) is 17.7 Å². The molecular formula is C14H19N3O. The van der Waals surface area contributed by atoms with Crippen molar-refractivity contribution in [2.24, 2.45) is 0 Å². The topological polar surface area (TPSA) is 48.3 Å². The fourth-order valence-electron chi connectivity index (χ4n) is 2.39. The van der Waals surface area contributed by atoms with Crippen LogP contribution in [0.25, 0.3) is 0 Å². The molecule has 1 saturated heterocycles. The zero-order valence-electron chi connectivity index (χ0n) is 10.7. The highest BCUT2D eigenvalue weighted by Crippen LogP contribution is 2.27. The Hall–Kier alpha value is -1.57. The Morgan fingerprint density at radius 2 is 2.22 bits per heavy atom. The van der Waals surface area contributed by atoms with Gasteiger partial charge in [0.2, 0.25) is 0 Å². The summed E-state index contributed by atoms with van der Waals surface area (Å²) in [5.74, 6) is 0.852. The Morgan fingerprint density at radius 1 is 1.44 bits per heavy atom. The van der Waals surface area contributed by atoms with Crippen LogP contribution in [0.3, 0.4) is 0 Å². The van der Waals surface area contributed by atoms with Gasteiger partial charge in [0.15, 0.2) is 0 Å². The molecule has 1 aliphatic rings. The van der Waals surface area contributed by atoms with E-state index < -0.39 is 0 Å². The van der Waals surface area contributed by atoms with Gasteiger partial charge in [0, 0.05) is 32.2 Å². The van der Waals surface area contributed by atoms with E-state index in [0.29, 0.717) is 6.42 Å². The summed E-state index contributed by atoms with van der Waals surface area (Å²) < 4.78 is 5.26. The van der Waals surface area contributed by atoms with E-state index >= 15 is 0 Å². The molecule has 0 saturated carbocycles. The van der Waals surface area contributed by atoms with Crippen LogP contribution in [0.4, 0.5) is 0 Å². The predicted octanol–water partition coefficient (Wildman–Crippen LogP) is 1.56. The van der Waals surface area contributed by atoms with Crippen molar-refractivity contribution < 1.29 is 4.74 Å². The zero-order chi connectivity index (χ0) is 12.8. The van der Waals surface area contributed by atoms with Crippen molar-refractivity contribution in [1.82, 2.24) is 10.2 Å². The van der Waals surface area contributed by atoms with Crippen molar-refractivity contribution >= 4 is 0 Å². The maximum absolute atomic E-state index is 9.03. The Balaban J connectivity index is 2.19. The van der Waals surface area contributed by atoms with Crippen LogP contribution in [0.5, 0.6) is 5.75 Å². The molecule has 1 atom stereocenters. The first-order valence-electron chi connectivity index (χ1n) is 6.31. The maximum Gasteiger partial charge on any atom is 0.119 e. The summed E-state index contributed by atoms with van der Waals surface area (Å²) in [6.07, 6.45) is 0.521. The number of rotatable bonds is 4. The molecule has 1 heterocycles. The van der Waals surface area contributed by atoms with Crippen molar-refractivity contribution in [3.63, 3.8) is 0 Å². The van der Waals surface area contributed by atoms with Crippen LogP contribution < -0.4 is 10.1 Å². The molecule has 0 spiro atoms. The average Bonchev–Trinajstić information content (AvgIpc) is 2.46. The third-order valence-electron chi connectivity index (χ3n) is 3.36. The van der Waals surface area contributed by atoms with Crippen LogP contribution in [0.1, 0.15) is 18.0 Å². The average molecular weight is 245 g/mol. The van der Waals surface area contributed by atoms with Gasteiger partial charge >= 0.3 is 0 Å². The van der Waals surface area contributed by atoms with Gasteiger partial charge in [0.25, 0.3) is 0 Å². The minimum atomic E-state index is 0.173. The highest BCUT2D eigenvalue weighted by molar-refractivity contribution is 5.31. The largest absolute Gasteiger partial charge is 0.497 e. The molecular weight excluding hydrogens is 226 g/mol. The third-order valence-corrected chi connectivity index (χ3v) is 3.36. The lowest BCUT2D eigenvalue weighted by atomic mass is 10.0. The molecule has 0 amide bonds. The van der Waals surface area contributed by atoms with Gasteiger partial charge in [0.1, 0.15) is 5.75 Å². The Bertz CT molecular complexity index is 421. The van der Waals surface area contributed by atoms with Gasteiger partial charge in [0.05, 0.1) is 19.6 Å². The van der Waals surface area contributed by atoms with Gasteiger partial charge in [-0.2, -0.15) is 5.26 Å². The Morgan fingerprint density at radius 3 is 2.89 bits per heavy atom. The fourth-order valence-corrected chi connectivity index (χ4v) is 2.39. The molecule has 0 unspecified atom stereocenters. The molecule has 96 valence electrons. The number of methoxy groups -OCH3 is 1. The van der Waals surface area contributed by atoms with Gasteiger partial charge < -0.3 is 10.1 Å². The zero-order valence-corrected chi connectivity index (χ0v) is 10.7. The first kappa shape index (κ1) is 12.9. The van der Waals surface area contributed by atoms with Crippen molar-refractivity contribution in [3.05, 3.63) is 29.8 Å². The van der Waals surface area contributed by atoms with Crippen LogP contribution in [0.15, 0.2) is 24.3 Å². The van der Waals surface area contributed by atoms with Crippen LogP contribution in [-0.4, -0.2) is 38.2 Å². The molecule has 2 rings (SSSR count). The number of nitriles is 1. The molecule has 1 fully saturated rings. The molecule has 4 nitrogen and oxygen atoms in total. The molecule has 4 heteroatoms. The molecule has 0 radical (unpaired) electrons. The Labute approximate surface area is 108 Å². The molecule has 0 aromatic heterocycles. The van der Waals surface area contributed by atoms with Crippen LogP contribution in [-0.2, 0) is 0 Å². The molecule has 18 heavy (non-hydrogen) atoms. The standard InChI is InChI=1S/C14H19N3O/c1-18-13-4-2-3-12(11-13)14(5-6-15)17-9-7-16-8-10-17/h2-4,11,14,16H,5,7-10H2,1H3/t14-/m1/s1. The van der Waals surface area contributed by atoms with E-state index in [9.17, 15) is 0 Å². The lowest BCUT2D eigenvalue weighted by Crippen LogP contribution is -2.45. The van der Waals surface area contributed by atoms with Crippen LogP contribution >= 0.6 is 0 Å². The first-order chi connectivity index (χ1) is 8.85. The minimum absolute atomic E-state index is 0.173. The lowest BCUT2D eigenvalue weighted by molar-refractivity contribution is 0.175. The summed E-state index contributed by atoms with van der Waals surface area (Å²) in [6, 6.07) is 10.5. The van der Waals surface area contributed by atoms with Crippen LogP contribution in [0.2, 0.25) is 0 Å². The van der Waals surface area contributed by atoms with Gasteiger partial charge in [-0.25, -0.2) is 0 Å². The number of hydrogen-bond donors (Lipinski definition) is 1. The number of nitrogens with zero attached hydrogens (tertiary/aromatic N) is 2. The summed E-state index contributed by atoms with van der Waals surface area (Å²) in [5, 5.41) is 12.4. The van der Waals surface area contributed by atoms with E-state index in [2.05, 4.69) is 22.4 Å². The number of benzene rings is 1. The fraction of sp³-hybridized carbons (Fsp3) is 0.500. The smallest absolute Gasteiger partial charge is 0.119 e. The second-order valence-corrected chi connectivity index (χ2v) is 4.44. The lowest BCUT2D eigenvalue weighted by Gasteiger charge is -2.34. The Kier molecular flexibility index (Phi) is 4.57. The number of nitrogens with one attached hydrogen (secondary N) is 1. The highest BCUT2D eigenvalue weighted by Gasteiger charge is 2.22. The van der Waals surface area contributed by atoms with Gasteiger partial charge in [-0.3, -0.25) is 4.90 Å². The normalized spacial score (nSPS) is 18.0. The first-order valence-corrected chi connectivity index (χ1v) is 6.31. The van der Waals surface area contributed by atoms with Gasteiger partial charge in [-0.15, -0.1) is 0 Å². The summed E-state index contributed by atoms with van der Waals surface area (Å²) in [4.78, 5) is 2.37. The van der Waals surface area contributed by atoms with E-state index in [4.69, 9.17) is 10.00 Å². The molecule has 1 aliphatic heterocycles. The molecule has 1 N–H and O–H groups in total. The highest BCUT2D eigenvalue weighted by atomic mass is 16.5. The van der Waals surface area contributed by atoms with Crippen LogP contribution in [0, 0.1) is 11.3 Å². The van der Waals surface area contributed by atoms with Crippen molar-refractivity contribution in [2.45, 2.75) is 12.5 Å². The number of piperazine rings is 1. The molecule has 0 aliphatic carbocycles. The SMILES string of the molecule is COc1cccc([C@@H](CC#N)N2CCNCC2)c1. The summed E-state index contributed by atoms with van der Waals surface area (Å²) in [6.45, 7) is 3.96. The number of ether oxygens (including phenoxy) is 1. The number of hydrogen-bond acceptors (Lipinski definition) is 4. The maximum atomic E-state index is 9.03. The van der Waals surface area contributed by atoms with E-state index in [1.807, 2.05) is 18.2 Å². The minimum Gasteiger partial charge on any atom is -0.497 e. The second kappa shape index (κ2) is 6.39. The summed E-state index contributed by atoms with van der Waals surface area (Å²) in [7, 11) is 1.67. The predicted molar refractivity (Wildman–Crippen MR) is 70.4 cm³/mol. The van der Waals surface area contributed by atoms with Crippen molar-refractivity contribution in [2.75, 3.05) is 33.3 Å². The van der Waals surface area contributed by atoms with E-state index in [1.54, 1.807) is 7.11 Å². The second-order valence-electron chi connectivity index (χ2n) is 4.44. The molecule has 0 bridgehead atoms. The van der Waals surface area contributed by atoms with Gasteiger partial charge in [-0.1, -0.05) is 12.1 Å². The van der Waals surface area contributed by atoms with E-state index in [1.165, 1.54) is 0 Å². The van der Waals surface area contributed by atoms with Crippen molar-refractivity contribution in [1.29, 1.82) is 5.26 Å². The summed E-state index contributed by atoms with van der Waals surface area (Å²) >= 11 is 0. The molecule has 1 aromatic rings. The monoisotopic (exact) mass is 245 g/mol. The van der Waals surface area contributed by atoms with Crippen molar-refractivity contribution in [3.8, 4) is 11.8 Å².